The number of rotatable bonds is 10. The van der Waals surface area contributed by atoms with Crippen LogP contribution in [0, 0.1) is 0 Å². The lowest BCUT2D eigenvalue weighted by atomic mass is 9.89. The number of piperidine rings is 2. The van der Waals surface area contributed by atoms with Gasteiger partial charge in [0.2, 0.25) is 0 Å². The predicted molar refractivity (Wildman–Crippen MR) is 234 cm³/mol. The van der Waals surface area contributed by atoms with Crippen LogP contribution in [-0.4, -0.2) is 66.3 Å². The highest BCUT2D eigenvalue weighted by molar-refractivity contribution is 5.86. The summed E-state index contributed by atoms with van der Waals surface area (Å²) in [5, 5.41) is 20.7. The molecule has 292 valence electrons. The third kappa shape index (κ3) is 9.09. The highest BCUT2D eigenvalue weighted by Crippen LogP contribution is 2.33. The van der Waals surface area contributed by atoms with E-state index in [0.29, 0.717) is 11.8 Å². The van der Waals surface area contributed by atoms with Crippen LogP contribution in [0.1, 0.15) is 82.3 Å². The number of H-pyrrole nitrogens is 2. The van der Waals surface area contributed by atoms with E-state index in [4.69, 9.17) is 0 Å². The van der Waals surface area contributed by atoms with Gasteiger partial charge in [0.05, 0.1) is 12.4 Å². The summed E-state index contributed by atoms with van der Waals surface area (Å²) in [5.74, 6) is 1.14. The summed E-state index contributed by atoms with van der Waals surface area (Å²) in [6.07, 6.45) is 18.2. The van der Waals surface area contributed by atoms with Gasteiger partial charge in [-0.25, -0.2) is 0 Å². The van der Waals surface area contributed by atoms with Crippen molar-refractivity contribution in [3.8, 4) is 0 Å². The molecule has 58 heavy (non-hydrogen) atoms. The molecule has 0 saturated carbocycles. The van der Waals surface area contributed by atoms with E-state index in [1.54, 1.807) is 0 Å². The molecule has 0 unspecified atom stereocenters. The van der Waals surface area contributed by atoms with Gasteiger partial charge in [-0.3, -0.25) is 30.0 Å². The lowest BCUT2D eigenvalue weighted by molar-refractivity contribution is 0.203. The lowest BCUT2D eigenvalue weighted by Gasteiger charge is -2.32. The molecule has 0 aliphatic carbocycles. The number of pyridine rings is 2. The van der Waals surface area contributed by atoms with Gasteiger partial charge < -0.3 is 0 Å². The lowest BCUT2D eigenvalue weighted by Crippen LogP contribution is -2.32. The SMILES string of the molecule is c1ccc2c(Cc3cn[nH]c3C3CCN(Cc4ccncc4)CC3)cccc2c1.c1ccc2cc(Cc3cn[nH]c3C3CCN(Cc4ccncc4)CC3)ccc2c1. The molecule has 4 aromatic heterocycles. The standard InChI is InChI=1S/2C25H26N4/c1-2-7-24-20(4-1)5-3-6-22(24)16-23-17-27-28-25(23)21-10-14-29(15-11-21)18-19-8-12-26-13-9-19;1-2-4-23-15-20(5-6-21(23)3-1)16-24-17-27-28-25(24)22-9-13-29(14-10-22)18-19-7-11-26-12-8-19/h1-9,12-13,17,21H,10-11,14-16,18H2,(H,27,28);1-8,11-12,15,17,22H,9-10,13-14,16,18H2,(H,27,28). The van der Waals surface area contributed by atoms with E-state index >= 15 is 0 Å². The first-order chi connectivity index (χ1) is 28.7. The maximum atomic E-state index is 4.41. The molecule has 8 aromatic rings. The second kappa shape index (κ2) is 18.1. The smallest absolute Gasteiger partial charge is 0.0525 e. The van der Waals surface area contributed by atoms with Crippen LogP contribution in [0.5, 0.6) is 0 Å². The molecule has 8 nitrogen and oxygen atoms in total. The highest BCUT2D eigenvalue weighted by Gasteiger charge is 2.25. The van der Waals surface area contributed by atoms with Crippen LogP contribution in [0.3, 0.4) is 0 Å². The Labute approximate surface area is 341 Å². The molecule has 0 radical (unpaired) electrons. The third-order valence-electron chi connectivity index (χ3n) is 12.3. The summed E-state index contributed by atoms with van der Waals surface area (Å²) < 4.78 is 0. The van der Waals surface area contributed by atoms with E-state index in [-0.39, 0.29) is 0 Å². The first-order valence-electron chi connectivity index (χ1n) is 20.9. The predicted octanol–water partition coefficient (Wildman–Crippen LogP) is 9.86. The Bertz CT molecular complexity index is 2500. The highest BCUT2D eigenvalue weighted by atomic mass is 15.1. The van der Waals surface area contributed by atoms with Gasteiger partial charge in [0.15, 0.2) is 0 Å². The van der Waals surface area contributed by atoms with Gasteiger partial charge in [0.25, 0.3) is 0 Å². The van der Waals surface area contributed by atoms with E-state index in [1.165, 1.54) is 92.0 Å². The van der Waals surface area contributed by atoms with Gasteiger partial charge in [0, 0.05) is 73.9 Å². The topological polar surface area (TPSA) is 89.6 Å². The summed E-state index contributed by atoms with van der Waals surface area (Å²) in [5.41, 5.74) is 10.8. The average molecular weight is 765 g/mol. The number of nitrogens with zero attached hydrogens (tertiary/aromatic N) is 6. The van der Waals surface area contributed by atoms with Crippen LogP contribution in [0.4, 0.5) is 0 Å². The Morgan fingerprint density at radius 2 is 0.983 bits per heavy atom. The van der Waals surface area contributed by atoms with Crippen LogP contribution >= 0.6 is 0 Å². The van der Waals surface area contributed by atoms with Gasteiger partial charge in [-0.1, -0.05) is 84.9 Å². The zero-order chi connectivity index (χ0) is 38.9. The fourth-order valence-electron chi connectivity index (χ4n) is 9.10. The molecular weight excluding hydrogens is 713 g/mol. The van der Waals surface area contributed by atoms with E-state index in [0.717, 1.165) is 52.1 Å². The van der Waals surface area contributed by atoms with Crippen molar-refractivity contribution in [3.05, 3.63) is 191 Å². The van der Waals surface area contributed by atoms with Gasteiger partial charge in [-0.2, -0.15) is 10.2 Å². The monoisotopic (exact) mass is 764 g/mol. The molecule has 2 N–H and O–H groups in total. The quantitative estimate of drug-likeness (QED) is 0.144. The normalized spacial score (nSPS) is 15.7. The van der Waals surface area contributed by atoms with Gasteiger partial charge in [-0.15, -0.1) is 0 Å². The Kier molecular flexibility index (Phi) is 11.7. The number of benzene rings is 4. The maximum absolute atomic E-state index is 4.41. The van der Waals surface area contributed by atoms with Crippen molar-refractivity contribution in [2.24, 2.45) is 0 Å². The molecule has 0 atom stereocenters. The van der Waals surface area contributed by atoms with Crippen molar-refractivity contribution >= 4 is 21.5 Å². The summed E-state index contributed by atoms with van der Waals surface area (Å²) >= 11 is 0. The molecule has 2 saturated heterocycles. The fourth-order valence-corrected chi connectivity index (χ4v) is 9.10. The first-order valence-corrected chi connectivity index (χ1v) is 20.9. The number of aromatic nitrogens is 6. The minimum atomic E-state index is 0.566. The molecule has 2 aliphatic rings. The average Bonchev–Trinajstić information content (AvgIpc) is 3.95. The molecule has 6 heterocycles. The summed E-state index contributed by atoms with van der Waals surface area (Å²) in [4.78, 5) is 13.3. The van der Waals surface area contributed by atoms with Crippen molar-refractivity contribution in [3.63, 3.8) is 0 Å². The van der Waals surface area contributed by atoms with Gasteiger partial charge in [0.1, 0.15) is 0 Å². The van der Waals surface area contributed by atoms with Crippen LogP contribution in [0.15, 0.2) is 146 Å². The van der Waals surface area contributed by atoms with Crippen LogP contribution in [0.25, 0.3) is 21.5 Å². The largest absolute Gasteiger partial charge is 0.299 e. The number of nitrogens with one attached hydrogen (secondary N) is 2. The summed E-state index contributed by atoms with van der Waals surface area (Å²) in [6, 6.07) is 39.0. The van der Waals surface area contributed by atoms with Crippen LogP contribution in [0.2, 0.25) is 0 Å². The van der Waals surface area contributed by atoms with Crippen molar-refractivity contribution in [2.75, 3.05) is 26.2 Å². The van der Waals surface area contributed by atoms with E-state index in [2.05, 4.69) is 149 Å². The minimum Gasteiger partial charge on any atom is -0.299 e. The van der Waals surface area contributed by atoms with E-state index < -0.39 is 0 Å². The Balaban J connectivity index is 0.000000150. The second-order valence-electron chi connectivity index (χ2n) is 16.1. The van der Waals surface area contributed by atoms with Crippen LogP contribution in [-0.2, 0) is 25.9 Å². The zero-order valence-electron chi connectivity index (χ0n) is 33.2. The molecule has 0 amide bonds. The molecule has 8 heteroatoms. The van der Waals surface area contributed by atoms with Crippen molar-refractivity contribution in [1.82, 2.24) is 40.2 Å². The molecule has 10 rings (SSSR count). The molecular formula is C50H52N8. The summed E-state index contributed by atoms with van der Waals surface area (Å²) in [6.45, 7) is 6.53. The van der Waals surface area contributed by atoms with Gasteiger partial charge >= 0.3 is 0 Å². The Morgan fingerprint density at radius 1 is 0.466 bits per heavy atom. The zero-order valence-corrected chi connectivity index (χ0v) is 33.2. The molecule has 0 bridgehead atoms. The second-order valence-corrected chi connectivity index (χ2v) is 16.1. The molecule has 2 aliphatic heterocycles. The minimum absolute atomic E-state index is 0.566. The van der Waals surface area contributed by atoms with Gasteiger partial charge in [-0.05, 0) is 131 Å². The number of fused-ring (bicyclic) bond motifs is 2. The Morgan fingerprint density at radius 3 is 1.59 bits per heavy atom. The molecule has 4 aromatic carbocycles. The third-order valence-corrected chi connectivity index (χ3v) is 12.3. The van der Waals surface area contributed by atoms with Crippen molar-refractivity contribution < 1.29 is 0 Å². The fraction of sp³-hybridized carbons (Fsp3) is 0.280. The summed E-state index contributed by atoms with van der Waals surface area (Å²) in [7, 11) is 0. The van der Waals surface area contributed by atoms with Crippen molar-refractivity contribution in [2.45, 2.75) is 63.5 Å². The number of likely N-dealkylation sites (tertiary alicyclic amines) is 2. The van der Waals surface area contributed by atoms with Crippen molar-refractivity contribution in [1.29, 1.82) is 0 Å². The van der Waals surface area contributed by atoms with Crippen LogP contribution < -0.4 is 0 Å². The Hall–Kier alpha value is -5.96. The number of aromatic amines is 2. The molecule has 0 spiro atoms. The number of hydrogen-bond donors (Lipinski definition) is 2. The maximum Gasteiger partial charge on any atom is 0.0525 e. The van der Waals surface area contributed by atoms with E-state index in [9.17, 15) is 0 Å². The first kappa shape index (κ1) is 37.6. The molecule has 2 fully saturated rings. The van der Waals surface area contributed by atoms with E-state index in [1.807, 2.05) is 37.2 Å². The number of hydrogen-bond acceptors (Lipinski definition) is 6.